The number of carbonyl (C=O) groups is 3. The zero-order valence-electron chi connectivity index (χ0n) is 34.1. The molecule has 0 aliphatic rings. The van der Waals surface area contributed by atoms with E-state index in [9.17, 15) is 19.5 Å². The molecule has 0 aromatic carbocycles. The SMILES string of the molecule is CCCC/C=C/CCCCCCC(=O)OCC(COCCC(C(=O)O)[N+](C)(C)C)OC(=O)CCCCCCCCCCCCCCCCCCC. The topological polar surface area (TPSA) is 99.1 Å². The number of nitrogens with zero attached hydrogens (tertiary/aromatic N) is 1. The first-order valence-corrected chi connectivity index (χ1v) is 21.2. The van der Waals surface area contributed by atoms with Crippen LogP contribution in [0.4, 0.5) is 0 Å². The normalized spacial score (nSPS) is 13.0. The van der Waals surface area contributed by atoms with Crippen molar-refractivity contribution in [2.24, 2.45) is 0 Å². The predicted molar refractivity (Wildman–Crippen MR) is 211 cm³/mol. The second kappa shape index (κ2) is 35.1. The van der Waals surface area contributed by atoms with E-state index in [0.29, 0.717) is 19.3 Å². The van der Waals surface area contributed by atoms with Gasteiger partial charge in [-0.2, -0.15) is 0 Å². The summed E-state index contributed by atoms with van der Waals surface area (Å²) >= 11 is 0. The first-order valence-electron chi connectivity index (χ1n) is 21.2. The largest absolute Gasteiger partial charge is 0.477 e. The summed E-state index contributed by atoms with van der Waals surface area (Å²) in [5.41, 5.74) is 0. The lowest BCUT2D eigenvalue weighted by Gasteiger charge is -2.31. The van der Waals surface area contributed by atoms with Gasteiger partial charge in [0.2, 0.25) is 0 Å². The number of allylic oxidation sites excluding steroid dienone is 2. The zero-order chi connectivity index (χ0) is 37.8. The van der Waals surface area contributed by atoms with Gasteiger partial charge in [0.15, 0.2) is 12.1 Å². The minimum Gasteiger partial charge on any atom is -0.477 e. The van der Waals surface area contributed by atoms with Gasteiger partial charge in [0.05, 0.1) is 34.4 Å². The average molecular weight is 725 g/mol. The molecule has 0 heterocycles. The summed E-state index contributed by atoms with van der Waals surface area (Å²) in [7, 11) is 5.52. The Morgan fingerprint density at radius 3 is 1.47 bits per heavy atom. The number of aliphatic carboxylic acids is 1. The third-order valence-electron chi connectivity index (χ3n) is 9.66. The number of ether oxygens (including phenoxy) is 3. The maximum atomic E-state index is 12.7. The van der Waals surface area contributed by atoms with Crippen LogP contribution in [0.15, 0.2) is 12.2 Å². The first kappa shape index (κ1) is 49.1. The van der Waals surface area contributed by atoms with Crippen LogP contribution in [0.25, 0.3) is 0 Å². The van der Waals surface area contributed by atoms with Crippen molar-refractivity contribution < 1.29 is 38.2 Å². The standard InChI is InChI=1S/C43H81NO7/c1-6-8-10-12-14-16-18-19-20-21-22-23-24-26-28-30-32-34-42(46)51-39(37-49-36-35-40(43(47)48)44(3,4)5)38-50-41(45)33-31-29-27-25-17-15-13-11-9-7-2/h13,15,39-40H,6-12,14,16-38H2,1-5H3/p+1/b15-13+. The van der Waals surface area contributed by atoms with Crippen molar-refractivity contribution in [3.05, 3.63) is 12.2 Å². The molecule has 51 heavy (non-hydrogen) atoms. The maximum Gasteiger partial charge on any atom is 0.362 e. The van der Waals surface area contributed by atoms with Gasteiger partial charge >= 0.3 is 17.9 Å². The summed E-state index contributed by atoms with van der Waals surface area (Å²) in [5, 5.41) is 9.59. The molecular weight excluding hydrogens is 642 g/mol. The molecule has 0 rings (SSSR count). The van der Waals surface area contributed by atoms with Gasteiger partial charge in [-0.3, -0.25) is 9.59 Å². The fourth-order valence-corrected chi connectivity index (χ4v) is 6.31. The van der Waals surface area contributed by atoms with Gasteiger partial charge < -0.3 is 23.8 Å². The summed E-state index contributed by atoms with van der Waals surface area (Å²) in [5.74, 6) is -1.47. The fraction of sp³-hybridized carbons (Fsp3) is 0.884. The number of carbonyl (C=O) groups excluding carboxylic acids is 2. The minimum absolute atomic E-state index is 0.0517. The van der Waals surface area contributed by atoms with Crippen molar-refractivity contribution in [3.8, 4) is 0 Å². The number of likely N-dealkylation sites (N-methyl/N-ethyl adjacent to an activating group) is 1. The third kappa shape index (κ3) is 33.6. The molecule has 0 fully saturated rings. The van der Waals surface area contributed by atoms with Crippen LogP contribution in [0.5, 0.6) is 0 Å². The Balaban J connectivity index is 4.30. The van der Waals surface area contributed by atoms with Gasteiger partial charge in [0.25, 0.3) is 0 Å². The number of unbranched alkanes of at least 4 members (excludes halogenated alkanes) is 22. The Bertz CT molecular complexity index is 854. The molecule has 0 aromatic rings. The lowest BCUT2D eigenvalue weighted by molar-refractivity contribution is -0.887. The van der Waals surface area contributed by atoms with Crippen LogP contribution < -0.4 is 0 Å². The summed E-state index contributed by atoms with van der Waals surface area (Å²) in [6, 6.07) is -0.611. The molecule has 0 aromatic heterocycles. The fourth-order valence-electron chi connectivity index (χ4n) is 6.31. The van der Waals surface area contributed by atoms with E-state index in [2.05, 4.69) is 26.0 Å². The molecule has 0 amide bonds. The van der Waals surface area contributed by atoms with Crippen LogP contribution in [-0.4, -0.2) is 80.6 Å². The van der Waals surface area contributed by atoms with E-state index in [-0.39, 0.29) is 36.2 Å². The second-order valence-electron chi connectivity index (χ2n) is 15.6. The van der Waals surface area contributed by atoms with E-state index in [0.717, 1.165) is 57.8 Å². The van der Waals surface area contributed by atoms with E-state index >= 15 is 0 Å². The molecule has 1 N–H and O–H groups in total. The third-order valence-corrected chi connectivity index (χ3v) is 9.66. The monoisotopic (exact) mass is 725 g/mol. The molecular formula is C43H82NO7+. The summed E-state index contributed by atoms with van der Waals surface area (Å²) < 4.78 is 17.2. The number of quaternary nitrogens is 1. The average Bonchev–Trinajstić information content (AvgIpc) is 3.08. The molecule has 0 aliphatic heterocycles. The van der Waals surface area contributed by atoms with Gasteiger partial charge in [0.1, 0.15) is 6.61 Å². The lowest BCUT2D eigenvalue weighted by Crippen LogP contribution is -2.50. The van der Waals surface area contributed by atoms with E-state index in [4.69, 9.17) is 14.2 Å². The van der Waals surface area contributed by atoms with Crippen LogP contribution in [0.1, 0.15) is 194 Å². The van der Waals surface area contributed by atoms with Crippen LogP contribution >= 0.6 is 0 Å². The summed E-state index contributed by atoms with van der Waals surface area (Å²) in [6.45, 7) is 4.70. The van der Waals surface area contributed by atoms with Crippen molar-refractivity contribution in [3.63, 3.8) is 0 Å². The minimum atomic E-state index is -0.875. The predicted octanol–water partition coefficient (Wildman–Crippen LogP) is 11.1. The smallest absolute Gasteiger partial charge is 0.362 e. The molecule has 0 bridgehead atoms. The van der Waals surface area contributed by atoms with Gasteiger partial charge in [-0.05, 0) is 32.1 Å². The Morgan fingerprint density at radius 2 is 1.00 bits per heavy atom. The highest BCUT2D eigenvalue weighted by Gasteiger charge is 2.31. The maximum absolute atomic E-state index is 12.7. The van der Waals surface area contributed by atoms with Crippen LogP contribution in [0, 0.1) is 0 Å². The van der Waals surface area contributed by atoms with Crippen molar-refractivity contribution in [2.75, 3.05) is 41.0 Å². The number of rotatable bonds is 38. The summed E-state index contributed by atoms with van der Waals surface area (Å²) in [4.78, 5) is 36.8. The van der Waals surface area contributed by atoms with Gasteiger partial charge in [-0.15, -0.1) is 0 Å². The number of carboxylic acids is 1. The molecule has 0 saturated heterocycles. The van der Waals surface area contributed by atoms with Crippen molar-refractivity contribution in [2.45, 2.75) is 206 Å². The molecule has 0 spiro atoms. The van der Waals surface area contributed by atoms with E-state index in [1.807, 2.05) is 21.1 Å². The van der Waals surface area contributed by atoms with Crippen molar-refractivity contribution in [1.29, 1.82) is 0 Å². The molecule has 8 heteroatoms. The Hall–Kier alpha value is -1.93. The number of hydrogen-bond acceptors (Lipinski definition) is 6. The van der Waals surface area contributed by atoms with Gasteiger partial charge in [0, 0.05) is 19.3 Å². The molecule has 0 radical (unpaired) electrons. The molecule has 0 saturated carbocycles. The van der Waals surface area contributed by atoms with Crippen LogP contribution in [-0.2, 0) is 28.6 Å². The highest BCUT2D eigenvalue weighted by molar-refractivity contribution is 5.72. The highest BCUT2D eigenvalue weighted by atomic mass is 16.6. The Morgan fingerprint density at radius 1 is 0.569 bits per heavy atom. The van der Waals surface area contributed by atoms with E-state index in [1.54, 1.807) is 0 Å². The number of esters is 2. The van der Waals surface area contributed by atoms with Gasteiger partial charge in [-0.1, -0.05) is 154 Å². The quantitative estimate of drug-likeness (QED) is 0.0293. The lowest BCUT2D eigenvalue weighted by atomic mass is 10.0. The molecule has 0 aliphatic carbocycles. The van der Waals surface area contributed by atoms with Crippen LogP contribution in [0.3, 0.4) is 0 Å². The van der Waals surface area contributed by atoms with Crippen molar-refractivity contribution in [1.82, 2.24) is 0 Å². The molecule has 8 nitrogen and oxygen atoms in total. The number of hydrogen-bond donors (Lipinski definition) is 1. The van der Waals surface area contributed by atoms with E-state index in [1.165, 1.54) is 103 Å². The van der Waals surface area contributed by atoms with Gasteiger partial charge in [-0.25, -0.2) is 4.79 Å². The summed E-state index contributed by atoms with van der Waals surface area (Å²) in [6.07, 6.45) is 35.4. The molecule has 300 valence electrons. The zero-order valence-corrected chi connectivity index (χ0v) is 34.1. The highest BCUT2D eigenvalue weighted by Crippen LogP contribution is 2.15. The second-order valence-corrected chi connectivity index (χ2v) is 15.6. The number of carboxylic acid groups (broad SMARTS) is 1. The van der Waals surface area contributed by atoms with E-state index < -0.39 is 18.1 Å². The Kier molecular flexibility index (Phi) is 33.8. The Labute approximate surface area is 314 Å². The van der Waals surface area contributed by atoms with Crippen LogP contribution in [0.2, 0.25) is 0 Å². The molecule has 2 atom stereocenters. The molecule has 2 unspecified atom stereocenters. The first-order chi connectivity index (χ1) is 24.6. The van der Waals surface area contributed by atoms with Crippen molar-refractivity contribution >= 4 is 17.9 Å².